The second-order valence-corrected chi connectivity index (χ2v) is 4.63. The molecule has 0 heterocycles. The van der Waals surface area contributed by atoms with Crippen molar-refractivity contribution in [3.63, 3.8) is 0 Å². The molecule has 0 aromatic rings. The van der Waals surface area contributed by atoms with Crippen molar-refractivity contribution >= 4 is 9.76 Å². The summed E-state index contributed by atoms with van der Waals surface area (Å²) in [5.41, 5.74) is 1.60. The van der Waals surface area contributed by atoms with Crippen LogP contribution in [0.4, 0.5) is 0 Å². The third kappa shape index (κ3) is 3.88. The van der Waals surface area contributed by atoms with Gasteiger partial charge < -0.3 is 4.43 Å². The number of rotatable bonds is 6. The van der Waals surface area contributed by atoms with Crippen molar-refractivity contribution in [3.05, 3.63) is 23.8 Å². The minimum Gasteiger partial charge on any atom is -0.424 e. The van der Waals surface area contributed by atoms with E-state index in [2.05, 4.69) is 25.2 Å². The van der Waals surface area contributed by atoms with Crippen LogP contribution in [0.15, 0.2) is 23.8 Å². The molecule has 0 fully saturated rings. The maximum atomic E-state index is 5.40. The Morgan fingerprint density at radius 1 is 1.58 bits per heavy atom. The Bertz CT molecular complexity index is 173. The molecule has 0 atom stereocenters. The van der Waals surface area contributed by atoms with E-state index in [-0.39, 0.29) is 9.76 Å². The third-order valence-corrected chi connectivity index (χ3v) is 3.57. The second kappa shape index (κ2) is 6.20. The monoisotopic (exact) mass is 182 g/mol. The molecule has 2 heteroatoms. The van der Waals surface area contributed by atoms with E-state index in [1.165, 1.54) is 25.3 Å². The van der Waals surface area contributed by atoms with Gasteiger partial charge in [-0.3, -0.25) is 0 Å². The van der Waals surface area contributed by atoms with Gasteiger partial charge in [0.25, 0.3) is 0 Å². The minimum atomic E-state index is -0.174. The van der Waals surface area contributed by atoms with Crippen molar-refractivity contribution in [2.45, 2.75) is 32.2 Å². The lowest BCUT2D eigenvalue weighted by Crippen LogP contribution is -1.97. The molecular formula is C10H18OSi. The Morgan fingerprint density at radius 3 is 3.17 bits per heavy atom. The van der Waals surface area contributed by atoms with Crippen LogP contribution >= 0.6 is 0 Å². The molecule has 0 amide bonds. The van der Waals surface area contributed by atoms with Crippen LogP contribution in [0.5, 0.6) is 0 Å². The molecule has 12 heavy (non-hydrogen) atoms. The summed E-state index contributed by atoms with van der Waals surface area (Å²) in [7, 11) is -0.174. The molecule has 0 saturated carbocycles. The molecule has 0 saturated heterocycles. The fraction of sp³-hybridized carbons (Fsp3) is 0.600. The van der Waals surface area contributed by atoms with Gasteiger partial charge in [-0.2, -0.15) is 0 Å². The van der Waals surface area contributed by atoms with E-state index in [0.717, 1.165) is 6.61 Å². The molecule has 0 radical (unpaired) electrons. The molecule has 0 aromatic carbocycles. The average molecular weight is 182 g/mol. The third-order valence-electron chi connectivity index (χ3n) is 2.09. The van der Waals surface area contributed by atoms with Gasteiger partial charge in [0.05, 0.1) is 0 Å². The first kappa shape index (κ1) is 9.74. The molecule has 1 aliphatic rings. The zero-order valence-corrected chi connectivity index (χ0v) is 9.30. The van der Waals surface area contributed by atoms with E-state index >= 15 is 0 Å². The van der Waals surface area contributed by atoms with Gasteiger partial charge in [-0.05, 0) is 25.8 Å². The molecule has 0 unspecified atom stereocenters. The highest BCUT2D eigenvalue weighted by Gasteiger charge is 1.98. The molecule has 1 rings (SSSR count). The van der Waals surface area contributed by atoms with Crippen LogP contribution in [0.3, 0.4) is 0 Å². The predicted molar refractivity (Wildman–Crippen MR) is 56.1 cm³/mol. The standard InChI is InChI=1S/C10H18OSi/c1-2-11-12-9-5-8-10-6-3-4-7-10/h3-4,6H,2,5,7-9,12H2,1H3. The summed E-state index contributed by atoms with van der Waals surface area (Å²) in [6.07, 6.45) is 10.5. The summed E-state index contributed by atoms with van der Waals surface area (Å²) in [6, 6.07) is 1.34. The van der Waals surface area contributed by atoms with Gasteiger partial charge in [0.2, 0.25) is 0 Å². The summed E-state index contributed by atoms with van der Waals surface area (Å²) < 4.78 is 5.40. The van der Waals surface area contributed by atoms with E-state index in [9.17, 15) is 0 Å². The summed E-state index contributed by atoms with van der Waals surface area (Å²) in [4.78, 5) is 0. The molecule has 68 valence electrons. The Labute approximate surface area is 77.4 Å². The zero-order chi connectivity index (χ0) is 8.65. The van der Waals surface area contributed by atoms with Crippen molar-refractivity contribution in [1.82, 2.24) is 0 Å². The molecule has 0 aliphatic heterocycles. The molecule has 0 spiro atoms. The first-order chi connectivity index (χ1) is 5.93. The quantitative estimate of drug-likeness (QED) is 0.452. The highest BCUT2D eigenvalue weighted by atomic mass is 28.2. The van der Waals surface area contributed by atoms with Crippen LogP contribution < -0.4 is 0 Å². The van der Waals surface area contributed by atoms with E-state index in [1.807, 2.05) is 0 Å². The topological polar surface area (TPSA) is 9.23 Å². The lowest BCUT2D eigenvalue weighted by molar-refractivity contribution is 0.359. The summed E-state index contributed by atoms with van der Waals surface area (Å²) in [6.45, 7) is 2.99. The normalized spacial score (nSPS) is 16.2. The Morgan fingerprint density at radius 2 is 2.50 bits per heavy atom. The number of hydrogen-bond acceptors (Lipinski definition) is 1. The highest BCUT2D eigenvalue weighted by Crippen LogP contribution is 2.16. The molecular weight excluding hydrogens is 164 g/mol. The lowest BCUT2D eigenvalue weighted by atomic mass is 10.1. The van der Waals surface area contributed by atoms with Crippen LogP contribution in [0, 0.1) is 0 Å². The number of allylic oxidation sites excluding steroid dienone is 4. The van der Waals surface area contributed by atoms with E-state index in [0.29, 0.717) is 0 Å². The molecule has 0 aromatic heterocycles. The first-order valence-electron chi connectivity index (χ1n) is 4.86. The summed E-state index contributed by atoms with van der Waals surface area (Å²) in [5, 5.41) is 0. The fourth-order valence-corrected chi connectivity index (χ4v) is 2.32. The molecule has 1 nitrogen and oxygen atoms in total. The first-order valence-corrected chi connectivity index (χ1v) is 6.43. The largest absolute Gasteiger partial charge is 0.424 e. The van der Waals surface area contributed by atoms with Gasteiger partial charge in [-0.15, -0.1) is 0 Å². The SMILES string of the molecule is CCO[SiH2]CCCC1=CC=CC1. The molecule has 0 N–H and O–H groups in total. The maximum Gasteiger partial charge on any atom is 0.161 e. The van der Waals surface area contributed by atoms with E-state index in [1.54, 1.807) is 5.57 Å². The van der Waals surface area contributed by atoms with Gasteiger partial charge >= 0.3 is 0 Å². The minimum absolute atomic E-state index is 0.174. The lowest BCUT2D eigenvalue weighted by Gasteiger charge is -2.01. The van der Waals surface area contributed by atoms with Crippen molar-refractivity contribution in [3.8, 4) is 0 Å². The van der Waals surface area contributed by atoms with Crippen LogP contribution in [0.2, 0.25) is 6.04 Å². The van der Waals surface area contributed by atoms with Crippen molar-refractivity contribution in [2.24, 2.45) is 0 Å². The van der Waals surface area contributed by atoms with Gasteiger partial charge in [-0.25, -0.2) is 0 Å². The highest BCUT2D eigenvalue weighted by molar-refractivity contribution is 6.26. The van der Waals surface area contributed by atoms with Crippen LogP contribution in [-0.2, 0) is 4.43 Å². The molecule has 1 aliphatic carbocycles. The number of hydrogen-bond donors (Lipinski definition) is 0. The Balaban J connectivity index is 1.89. The Kier molecular flexibility index (Phi) is 5.04. The zero-order valence-electron chi connectivity index (χ0n) is 7.88. The van der Waals surface area contributed by atoms with Gasteiger partial charge in [0.15, 0.2) is 9.76 Å². The van der Waals surface area contributed by atoms with Gasteiger partial charge in [-0.1, -0.05) is 30.2 Å². The smallest absolute Gasteiger partial charge is 0.161 e. The average Bonchev–Trinajstić information content (AvgIpc) is 2.57. The van der Waals surface area contributed by atoms with Gasteiger partial charge in [0, 0.05) is 6.61 Å². The van der Waals surface area contributed by atoms with E-state index in [4.69, 9.17) is 4.43 Å². The fourth-order valence-electron chi connectivity index (χ4n) is 1.38. The Hall–Kier alpha value is -0.343. The van der Waals surface area contributed by atoms with Crippen LogP contribution in [0.1, 0.15) is 26.2 Å². The summed E-state index contributed by atoms with van der Waals surface area (Å²) >= 11 is 0. The van der Waals surface area contributed by atoms with Crippen LogP contribution in [-0.4, -0.2) is 16.4 Å². The second-order valence-electron chi connectivity index (χ2n) is 3.11. The van der Waals surface area contributed by atoms with Crippen molar-refractivity contribution < 1.29 is 4.43 Å². The molecule has 0 bridgehead atoms. The van der Waals surface area contributed by atoms with Crippen LogP contribution in [0.25, 0.3) is 0 Å². The van der Waals surface area contributed by atoms with E-state index < -0.39 is 0 Å². The van der Waals surface area contributed by atoms with Crippen molar-refractivity contribution in [1.29, 1.82) is 0 Å². The summed E-state index contributed by atoms with van der Waals surface area (Å²) in [5.74, 6) is 0. The maximum absolute atomic E-state index is 5.40. The van der Waals surface area contributed by atoms with Crippen molar-refractivity contribution in [2.75, 3.05) is 6.61 Å². The van der Waals surface area contributed by atoms with Gasteiger partial charge in [0.1, 0.15) is 0 Å². The predicted octanol–water partition coefficient (Wildman–Crippen LogP) is 2.19.